The number of rotatable bonds is 2. The molecule has 4 rings (SSSR count). The molecule has 2 aliphatic heterocycles. The van der Waals surface area contributed by atoms with Crippen LogP contribution in [-0.4, -0.2) is 40.2 Å². The molecule has 1 saturated heterocycles. The molecule has 0 spiro atoms. The highest BCUT2D eigenvalue weighted by Gasteiger charge is 2.33. The van der Waals surface area contributed by atoms with Crippen molar-refractivity contribution in [3.8, 4) is 0 Å². The van der Waals surface area contributed by atoms with Gasteiger partial charge in [-0.3, -0.25) is 4.90 Å². The Kier molecular flexibility index (Phi) is 2.79. The fourth-order valence-electron chi connectivity index (χ4n) is 3.09. The number of hydrogen-bond acceptors (Lipinski definition) is 5. The van der Waals surface area contributed by atoms with Crippen LogP contribution in [0.1, 0.15) is 42.3 Å². The molecule has 1 saturated carbocycles. The van der Waals surface area contributed by atoms with Gasteiger partial charge >= 0.3 is 0 Å². The number of nitrogens with two attached hydrogens (primary N) is 1. The second-order valence-electron chi connectivity index (χ2n) is 6.07. The van der Waals surface area contributed by atoms with Gasteiger partial charge in [0.15, 0.2) is 0 Å². The lowest BCUT2D eigenvalue weighted by atomic mass is 10.1. The van der Waals surface area contributed by atoms with Gasteiger partial charge in [-0.05, 0) is 19.3 Å². The fraction of sp³-hybridized carbons (Fsp3) is 0.714. The van der Waals surface area contributed by atoms with Gasteiger partial charge < -0.3 is 10.5 Å². The maximum Gasteiger partial charge on any atom is 0.131 e. The molecule has 2 N–H and O–H groups in total. The largest absolute Gasteiger partial charge is 0.378 e. The molecule has 1 aliphatic carbocycles. The minimum Gasteiger partial charge on any atom is -0.378 e. The summed E-state index contributed by atoms with van der Waals surface area (Å²) in [6, 6.07) is 0.609. The first-order chi connectivity index (χ1) is 9.29. The molecule has 2 fully saturated rings. The zero-order valence-electron chi connectivity index (χ0n) is 11.1. The van der Waals surface area contributed by atoms with Crippen LogP contribution in [0.2, 0.25) is 0 Å². The maximum atomic E-state index is 5.99. The summed E-state index contributed by atoms with van der Waals surface area (Å²) in [5, 5.41) is 0. The zero-order chi connectivity index (χ0) is 12.8. The number of hydrogen-bond donors (Lipinski definition) is 1. The molecule has 1 aromatic heterocycles. The average Bonchev–Trinajstić information content (AvgIpc) is 3.17. The van der Waals surface area contributed by atoms with Crippen molar-refractivity contribution in [3.05, 3.63) is 23.3 Å². The molecule has 0 amide bonds. The molecule has 5 heteroatoms. The highest BCUT2D eigenvalue weighted by Crippen LogP contribution is 2.38. The first-order valence-corrected chi connectivity index (χ1v) is 7.21. The lowest BCUT2D eigenvalue weighted by molar-refractivity contribution is 0.00529. The third kappa shape index (κ3) is 2.26. The fourth-order valence-corrected chi connectivity index (χ4v) is 3.09. The molecule has 5 nitrogen and oxygen atoms in total. The molecule has 0 unspecified atom stereocenters. The molecular weight excluding hydrogens is 240 g/mol. The van der Waals surface area contributed by atoms with E-state index in [1.165, 1.54) is 24.1 Å². The Morgan fingerprint density at radius 2 is 2.16 bits per heavy atom. The average molecular weight is 260 g/mol. The van der Waals surface area contributed by atoms with Gasteiger partial charge in [-0.25, -0.2) is 9.97 Å². The van der Waals surface area contributed by atoms with Crippen LogP contribution >= 0.6 is 0 Å². The molecule has 1 aromatic rings. The van der Waals surface area contributed by atoms with E-state index in [1.54, 1.807) is 0 Å². The van der Waals surface area contributed by atoms with E-state index >= 15 is 0 Å². The lowest BCUT2D eigenvalue weighted by Gasteiger charge is -2.33. The van der Waals surface area contributed by atoms with Crippen LogP contribution in [0.5, 0.6) is 0 Å². The molecule has 3 heterocycles. The monoisotopic (exact) mass is 260 g/mol. The van der Waals surface area contributed by atoms with E-state index in [1.807, 2.05) is 6.20 Å². The Balaban J connectivity index is 1.50. The van der Waals surface area contributed by atoms with E-state index in [-0.39, 0.29) is 6.04 Å². The van der Waals surface area contributed by atoms with Gasteiger partial charge in [0, 0.05) is 42.9 Å². The topological polar surface area (TPSA) is 64.3 Å². The van der Waals surface area contributed by atoms with Crippen molar-refractivity contribution < 1.29 is 4.74 Å². The maximum absolute atomic E-state index is 5.99. The van der Waals surface area contributed by atoms with Crippen LogP contribution < -0.4 is 5.73 Å². The minimum absolute atomic E-state index is 0.176. The van der Waals surface area contributed by atoms with Crippen molar-refractivity contribution in [1.29, 1.82) is 0 Å². The van der Waals surface area contributed by atoms with Gasteiger partial charge in [-0.15, -0.1) is 0 Å². The van der Waals surface area contributed by atoms with Gasteiger partial charge in [0.25, 0.3) is 0 Å². The summed E-state index contributed by atoms with van der Waals surface area (Å²) in [4.78, 5) is 11.7. The second kappa shape index (κ2) is 4.51. The zero-order valence-corrected chi connectivity index (χ0v) is 11.1. The van der Waals surface area contributed by atoms with Crippen molar-refractivity contribution in [2.75, 3.05) is 13.2 Å². The molecular formula is C14H20N4O. The predicted molar refractivity (Wildman–Crippen MR) is 70.5 cm³/mol. The standard InChI is InChI=1S/C14H20N4O/c15-11-3-12(8-19-7-11)18-5-10-4-16-14(9-1-2-9)17-13(10)6-18/h4,9,11-12H,1-3,5-8,15H2/t11-,12+/m0/s1. The van der Waals surface area contributed by atoms with E-state index in [4.69, 9.17) is 15.5 Å². The van der Waals surface area contributed by atoms with E-state index in [9.17, 15) is 0 Å². The lowest BCUT2D eigenvalue weighted by Crippen LogP contribution is -2.46. The van der Waals surface area contributed by atoms with Crippen molar-refractivity contribution in [3.63, 3.8) is 0 Å². The SMILES string of the molecule is N[C@@H]1COC[C@H](N2Cc3cnc(C4CC4)nc3C2)C1. The van der Waals surface area contributed by atoms with Crippen LogP contribution in [0.15, 0.2) is 6.20 Å². The van der Waals surface area contributed by atoms with Crippen molar-refractivity contribution in [2.24, 2.45) is 5.73 Å². The second-order valence-corrected chi connectivity index (χ2v) is 6.07. The number of ether oxygens (including phenoxy) is 1. The molecule has 2 atom stereocenters. The van der Waals surface area contributed by atoms with Crippen LogP contribution in [0.25, 0.3) is 0 Å². The van der Waals surface area contributed by atoms with Gasteiger partial charge in [-0.2, -0.15) is 0 Å². The van der Waals surface area contributed by atoms with Crippen LogP contribution in [-0.2, 0) is 17.8 Å². The van der Waals surface area contributed by atoms with Gasteiger partial charge in [0.05, 0.1) is 18.9 Å². The Morgan fingerprint density at radius 3 is 2.95 bits per heavy atom. The van der Waals surface area contributed by atoms with E-state index in [2.05, 4.69) is 9.88 Å². The third-order valence-electron chi connectivity index (χ3n) is 4.38. The van der Waals surface area contributed by atoms with Crippen molar-refractivity contribution in [2.45, 2.75) is 50.4 Å². The smallest absolute Gasteiger partial charge is 0.131 e. The van der Waals surface area contributed by atoms with Crippen LogP contribution in [0, 0.1) is 0 Å². The molecule has 0 radical (unpaired) electrons. The first kappa shape index (κ1) is 11.8. The normalized spacial score (nSPS) is 31.4. The number of fused-ring (bicyclic) bond motifs is 1. The van der Waals surface area contributed by atoms with E-state index in [0.29, 0.717) is 18.6 Å². The number of aromatic nitrogens is 2. The predicted octanol–water partition coefficient (Wildman–Crippen LogP) is 0.786. The Labute approximate surface area is 113 Å². The summed E-state index contributed by atoms with van der Waals surface area (Å²) in [7, 11) is 0. The summed E-state index contributed by atoms with van der Waals surface area (Å²) in [6.07, 6.45) is 5.57. The molecule has 19 heavy (non-hydrogen) atoms. The quantitative estimate of drug-likeness (QED) is 0.851. The van der Waals surface area contributed by atoms with Crippen LogP contribution in [0.4, 0.5) is 0 Å². The molecule has 102 valence electrons. The third-order valence-corrected chi connectivity index (χ3v) is 4.38. The minimum atomic E-state index is 0.176. The highest BCUT2D eigenvalue weighted by molar-refractivity contribution is 5.24. The summed E-state index contributed by atoms with van der Waals surface area (Å²) < 4.78 is 5.57. The highest BCUT2D eigenvalue weighted by atomic mass is 16.5. The Bertz CT molecular complexity index is 488. The van der Waals surface area contributed by atoms with E-state index in [0.717, 1.165) is 31.9 Å². The van der Waals surface area contributed by atoms with Gasteiger partial charge in [0.2, 0.25) is 0 Å². The van der Waals surface area contributed by atoms with Crippen molar-refractivity contribution in [1.82, 2.24) is 14.9 Å². The molecule has 0 bridgehead atoms. The molecule has 0 aromatic carbocycles. The number of nitrogens with zero attached hydrogens (tertiary/aromatic N) is 3. The van der Waals surface area contributed by atoms with E-state index < -0.39 is 0 Å². The summed E-state index contributed by atoms with van der Waals surface area (Å²) in [5.41, 5.74) is 8.49. The summed E-state index contributed by atoms with van der Waals surface area (Å²) in [5.74, 6) is 1.68. The summed E-state index contributed by atoms with van der Waals surface area (Å²) in [6.45, 7) is 3.37. The van der Waals surface area contributed by atoms with Crippen LogP contribution in [0.3, 0.4) is 0 Å². The van der Waals surface area contributed by atoms with Gasteiger partial charge in [-0.1, -0.05) is 0 Å². The summed E-state index contributed by atoms with van der Waals surface area (Å²) >= 11 is 0. The van der Waals surface area contributed by atoms with Gasteiger partial charge in [0.1, 0.15) is 5.82 Å². The Morgan fingerprint density at radius 1 is 1.26 bits per heavy atom. The molecule has 3 aliphatic rings. The van der Waals surface area contributed by atoms with Crippen molar-refractivity contribution >= 4 is 0 Å². The first-order valence-electron chi connectivity index (χ1n) is 7.21. The Hall–Kier alpha value is -1.04.